The summed E-state index contributed by atoms with van der Waals surface area (Å²) in [4.78, 5) is 50.5. The molecular weight excluding hydrogens is 436 g/mol. The van der Waals surface area contributed by atoms with E-state index in [2.05, 4.69) is 21.5 Å². The van der Waals surface area contributed by atoms with Crippen molar-refractivity contribution in [3.05, 3.63) is 89.9 Å². The van der Waals surface area contributed by atoms with Gasteiger partial charge in [-0.15, -0.1) is 0 Å². The highest BCUT2D eigenvalue weighted by atomic mass is 16.3. The fraction of sp³-hybridized carbons (Fsp3) is 0.200. The van der Waals surface area contributed by atoms with E-state index in [1.807, 2.05) is 13.8 Å². The maximum absolute atomic E-state index is 13.1. The van der Waals surface area contributed by atoms with Crippen molar-refractivity contribution in [1.82, 2.24) is 16.2 Å². The Hall–Kier alpha value is -4.40. The van der Waals surface area contributed by atoms with Crippen LogP contribution in [0.4, 0.5) is 5.69 Å². The molecule has 9 heteroatoms. The number of nitrogens with one attached hydrogen (secondary N) is 4. The summed E-state index contributed by atoms with van der Waals surface area (Å²) in [6.07, 6.45) is 1.97. The van der Waals surface area contributed by atoms with E-state index in [9.17, 15) is 19.2 Å². The van der Waals surface area contributed by atoms with Crippen LogP contribution in [-0.2, 0) is 4.79 Å². The number of hydrogen-bond donors (Lipinski definition) is 4. The summed E-state index contributed by atoms with van der Waals surface area (Å²) in [6.45, 7) is 3.70. The lowest BCUT2D eigenvalue weighted by Crippen LogP contribution is -2.54. The predicted molar refractivity (Wildman–Crippen MR) is 126 cm³/mol. The number of amides is 4. The first kappa shape index (κ1) is 24.2. The molecule has 0 spiro atoms. The molecule has 3 rings (SSSR count). The molecule has 4 N–H and O–H groups in total. The summed E-state index contributed by atoms with van der Waals surface area (Å²) >= 11 is 0. The van der Waals surface area contributed by atoms with Crippen molar-refractivity contribution in [2.24, 2.45) is 5.92 Å². The van der Waals surface area contributed by atoms with Crippen LogP contribution in [-0.4, -0.2) is 29.7 Å². The van der Waals surface area contributed by atoms with E-state index in [4.69, 9.17) is 4.42 Å². The second-order valence-electron chi connectivity index (χ2n) is 7.62. The summed E-state index contributed by atoms with van der Waals surface area (Å²) in [5.41, 5.74) is 5.58. The zero-order valence-corrected chi connectivity index (χ0v) is 18.8. The van der Waals surface area contributed by atoms with Crippen molar-refractivity contribution in [3.63, 3.8) is 0 Å². The van der Waals surface area contributed by atoms with Gasteiger partial charge in [0.15, 0.2) is 5.76 Å². The molecule has 0 bridgehead atoms. The second kappa shape index (κ2) is 11.5. The number of hydrogen-bond acceptors (Lipinski definition) is 5. The third kappa shape index (κ3) is 6.10. The highest BCUT2D eigenvalue weighted by Crippen LogP contribution is 2.18. The lowest BCUT2D eigenvalue weighted by Gasteiger charge is -2.24. The Labute approximate surface area is 196 Å². The molecule has 1 aromatic heterocycles. The van der Waals surface area contributed by atoms with Crippen LogP contribution in [0.25, 0.3) is 0 Å². The fourth-order valence-corrected chi connectivity index (χ4v) is 3.16. The predicted octanol–water partition coefficient (Wildman–Crippen LogP) is 3.14. The minimum atomic E-state index is -0.928. The van der Waals surface area contributed by atoms with Gasteiger partial charge in [0.2, 0.25) is 0 Å². The molecule has 0 aliphatic carbocycles. The van der Waals surface area contributed by atoms with Gasteiger partial charge in [-0.3, -0.25) is 30.0 Å². The van der Waals surface area contributed by atoms with Crippen LogP contribution in [0.15, 0.2) is 77.4 Å². The molecule has 4 amide bonds. The van der Waals surface area contributed by atoms with Gasteiger partial charge in [0.05, 0.1) is 17.5 Å². The third-order valence-electron chi connectivity index (χ3n) is 5.28. The minimum Gasteiger partial charge on any atom is -0.459 e. The second-order valence-corrected chi connectivity index (χ2v) is 7.62. The lowest BCUT2D eigenvalue weighted by molar-refractivity contribution is -0.124. The van der Waals surface area contributed by atoms with Crippen molar-refractivity contribution in [2.75, 3.05) is 5.32 Å². The number of benzene rings is 2. The Kier molecular flexibility index (Phi) is 8.17. The third-order valence-corrected chi connectivity index (χ3v) is 5.28. The van der Waals surface area contributed by atoms with Crippen LogP contribution in [0.2, 0.25) is 0 Å². The van der Waals surface area contributed by atoms with Gasteiger partial charge in [-0.05, 0) is 42.3 Å². The largest absolute Gasteiger partial charge is 0.459 e. The summed E-state index contributed by atoms with van der Waals surface area (Å²) in [5, 5.41) is 5.37. The summed E-state index contributed by atoms with van der Waals surface area (Å²) in [7, 11) is 0. The van der Waals surface area contributed by atoms with Crippen molar-refractivity contribution in [1.29, 1.82) is 0 Å². The van der Waals surface area contributed by atoms with Crippen LogP contribution in [0, 0.1) is 5.92 Å². The fourth-order valence-electron chi connectivity index (χ4n) is 3.16. The normalized spacial score (nSPS) is 12.2. The lowest BCUT2D eigenvalue weighted by atomic mass is 9.98. The topological polar surface area (TPSA) is 130 Å². The molecule has 9 nitrogen and oxygen atoms in total. The Morgan fingerprint density at radius 2 is 1.53 bits per heavy atom. The number of furan rings is 1. The molecule has 0 radical (unpaired) electrons. The van der Waals surface area contributed by atoms with Gasteiger partial charge in [-0.25, -0.2) is 0 Å². The Morgan fingerprint density at radius 1 is 0.824 bits per heavy atom. The molecule has 2 atom stereocenters. The first-order valence-corrected chi connectivity index (χ1v) is 10.8. The molecule has 1 heterocycles. The summed E-state index contributed by atoms with van der Waals surface area (Å²) < 4.78 is 5.09. The van der Waals surface area contributed by atoms with Gasteiger partial charge < -0.3 is 15.1 Å². The highest BCUT2D eigenvalue weighted by molar-refractivity contribution is 6.08. The van der Waals surface area contributed by atoms with Crippen molar-refractivity contribution < 1.29 is 23.6 Å². The monoisotopic (exact) mass is 462 g/mol. The van der Waals surface area contributed by atoms with Crippen molar-refractivity contribution in [2.45, 2.75) is 26.3 Å². The average Bonchev–Trinajstić information content (AvgIpc) is 3.41. The van der Waals surface area contributed by atoms with Crippen LogP contribution in [0.1, 0.15) is 51.5 Å². The zero-order chi connectivity index (χ0) is 24.5. The highest BCUT2D eigenvalue weighted by Gasteiger charge is 2.28. The van der Waals surface area contributed by atoms with Crippen molar-refractivity contribution in [3.8, 4) is 0 Å². The van der Waals surface area contributed by atoms with E-state index in [1.54, 1.807) is 54.6 Å². The molecule has 0 saturated heterocycles. The molecule has 0 fully saturated rings. The van der Waals surface area contributed by atoms with Gasteiger partial charge in [0, 0.05) is 5.56 Å². The molecule has 34 heavy (non-hydrogen) atoms. The molecular formula is C25H26N4O5. The van der Waals surface area contributed by atoms with Gasteiger partial charge in [0.25, 0.3) is 23.6 Å². The van der Waals surface area contributed by atoms with Gasteiger partial charge in [0.1, 0.15) is 6.04 Å². The molecule has 3 aromatic rings. The summed E-state index contributed by atoms with van der Waals surface area (Å²) in [6, 6.07) is 17.0. The van der Waals surface area contributed by atoms with Crippen molar-refractivity contribution >= 4 is 29.3 Å². The Morgan fingerprint density at radius 3 is 2.21 bits per heavy atom. The van der Waals surface area contributed by atoms with E-state index in [-0.39, 0.29) is 22.9 Å². The van der Waals surface area contributed by atoms with Crippen LogP contribution >= 0.6 is 0 Å². The van der Waals surface area contributed by atoms with Crippen LogP contribution < -0.4 is 21.5 Å². The number of hydrazine groups is 1. The molecule has 0 aliphatic heterocycles. The number of rotatable bonds is 8. The SMILES string of the molecule is CCC(C)C(NC(=O)c1ccccc1NC(=O)c1ccco1)C(=O)NNC(=O)c1ccccc1. The number of para-hydroxylation sites is 1. The van der Waals surface area contributed by atoms with E-state index < -0.39 is 29.7 Å². The first-order valence-electron chi connectivity index (χ1n) is 10.8. The number of carbonyl (C=O) groups excluding carboxylic acids is 4. The maximum Gasteiger partial charge on any atom is 0.291 e. The van der Waals surface area contributed by atoms with E-state index in [0.29, 0.717) is 12.0 Å². The molecule has 2 unspecified atom stereocenters. The average molecular weight is 463 g/mol. The van der Waals surface area contributed by atoms with E-state index >= 15 is 0 Å². The number of anilines is 1. The molecule has 0 saturated carbocycles. The Bertz CT molecular complexity index is 1150. The zero-order valence-electron chi connectivity index (χ0n) is 18.8. The number of carbonyl (C=O) groups is 4. The van der Waals surface area contributed by atoms with Gasteiger partial charge in [-0.1, -0.05) is 50.6 Å². The smallest absolute Gasteiger partial charge is 0.291 e. The van der Waals surface area contributed by atoms with E-state index in [1.165, 1.54) is 18.4 Å². The molecule has 176 valence electrons. The molecule has 2 aromatic carbocycles. The van der Waals surface area contributed by atoms with Crippen LogP contribution in [0.5, 0.6) is 0 Å². The standard InChI is InChI=1S/C25H26N4O5/c1-3-16(2)21(25(33)29-28-22(30)17-10-5-4-6-11-17)27-23(31)18-12-7-8-13-19(18)26-24(32)20-14-9-15-34-20/h4-16,21H,3H2,1-2H3,(H,26,32)(H,27,31)(H,28,30)(H,29,33). The van der Waals surface area contributed by atoms with E-state index in [0.717, 1.165) is 0 Å². The van der Waals surface area contributed by atoms with Crippen LogP contribution in [0.3, 0.4) is 0 Å². The molecule has 0 aliphatic rings. The maximum atomic E-state index is 13.1. The summed E-state index contributed by atoms with van der Waals surface area (Å²) in [5.74, 6) is -2.24. The van der Waals surface area contributed by atoms with Gasteiger partial charge >= 0.3 is 0 Å². The Balaban J connectivity index is 1.70. The quantitative estimate of drug-likeness (QED) is 0.382. The first-order chi connectivity index (χ1) is 16.4. The minimum absolute atomic E-state index is 0.0984. The van der Waals surface area contributed by atoms with Gasteiger partial charge in [-0.2, -0.15) is 0 Å².